The summed E-state index contributed by atoms with van der Waals surface area (Å²) in [6, 6.07) is 12.8. The summed E-state index contributed by atoms with van der Waals surface area (Å²) in [6.07, 6.45) is -3.58. The second-order valence-corrected chi connectivity index (χ2v) is 8.25. The van der Waals surface area contributed by atoms with Crippen LogP contribution in [0.1, 0.15) is 33.7 Å². The molecule has 11 heteroatoms. The van der Waals surface area contributed by atoms with Crippen LogP contribution < -0.4 is 10.5 Å². The third-order valence-corrected chi connectivity index (χ3v) is 5.70. The molecule has 0 bridgehead atoms. The fraction of sp³-hybridized carbons (Fsp3) is 0.269. The summed E-state index contributed by atoms with van der Waals surface area (Å²) in [7, 11) is 0. The van der Waals surface area contributed by atoms with Crippen molar-refractivity contribution in [2.45, 2.75) is 18.3 Å². The first-order valence-electron chi connectivity index (χ1n) is 11.4. The zero-order valence-electron chi connectivity index (χ0n) is 19.6. The summed E-state index contributed by atoms with van der Waals surface area (Å²) in [5.41, 5.74) is 5.93. The van der Waals surface area contributed by atoms with Crippen molar-refractivity contribution in [1.29, 1.82) is 0 Å². The van der Waals surface area contributed by atoms with Gasteiger partial charge in [0, 0.05) is 24.2 Å². The monoisotopic (exact) mass is 513 g/mol. The predicted octanol–water partition coefficient (Wildman–Crippen LogP) is 2.61. The van der Waals surface area contributed by atoms with Crippen molar-refractivity contribution >= 4 is 5.97 Å². The zero-order valence-corrected chi connectivity index (χ0v) is 19.6. The van der Waals surface area contributed by atoms with Gasteiger partial charge in [-0.3, -0.25) is 0 Å². The van der Waals surface area contributed by atoms with Gasteiger partial charge in [0.15, 0.2) is 29.5 Å². The largest absolute Gasteiger partial charge is 0.508 e. The number of ether oxygens (including phenoxy) is 4. The Labute approximate surface area is 211 Å². The number of rotatable bonds is 9. The van der Waals surface area contributed by atoms with Crippen LogP contribution in [0, 0.1) is 0 Å². The van der Waals surface area contributed by atoms with Gasteiger partial charge in [0.05, 0.1) is 30.9 Å². The molecule has 4 rings (SSSR count). The van der Waals surface area contributed by atoms with E-state index in [0.29, 0.717) is 13.2 Å². The van der Waals surface area contributed by atoms with E-state index in [1.165, 1.54) is 6.07 Å². The molecule has 0 amide bonds. The maximum Gasteiger partial charge on any atom is 0.338 e. The molecule has 1 heterocycles. The van der Waals surface area contributed by atoms with E-state index in [-0.39, 0.29) is 47.2 Å². The number of hydrogen-bond acceptors (Lipinski definition) is 11. The van der Waals surface area contributed by atoms with Crippen molar-refractivity contribution < 1.29 is 49.3 Å². The van der Waals surface area contributed by atoms with Gasteiger partial charge in [0.25, 0.3) is 0 Å². The molecule has 0 spiro atoms. The van der Waals surface area contributed by atoms with E-state index in [2.05, 4.69) is 0 Å². The van der Waals surface area contributed by atoms with Gasteiger partial charge in [0.1, 0.15) is 23.4 Å². The van der Waals surface area contributed by atoms with E-state index in [0.717, 1.165) is 18.2 Å². The van der Waals surface area contributed by atoms with Crippen molar-refractivity contribution in [2.24, 2.45) is 5.73 Å². The Kier molecular flexibility index (Phi) is 7.87. The summed E-state index contributed by atoms with van der Waals surface area (Å²) in [5.74, 6) is -3.36. The van der Waals surface area contributed by atoms with Crippen molar-refractivity contribution in [1.82, 2.24) is 0 Å². The van der Waals surface area contributed by atoms with Gasteiger partial charge in [0.2, 0.25) is 0 Å². The summed E-state index contributed by atoms with van der Waals surface area (Å²) in [4.78, 5) is 13.1. The number of fused-ring (bicyclic) bond motifs is 1. The molecule has 1 aliphatic heterocycles. The Bertz CT molecular complexity index is 1230. The van der Waals surface area contributed by atoms with Crippen LogP contribution in [0.25, 0.3) is 0 Å². The summed E-state index contributed by atoms with van der Waals surface area (Å²) < 4.78 is 23.3. The molecule has 3 aromatic carbocycles. The summed E-state index contributed by atoms with van der Waals surface area (Å²) in [5, 5.41) is 50.8. The van der Waals surface area contributed by atoms with E-state index >= 15 is 0 Å². The third kappa shape index (κ3) is 5.64. The molecule has 0 saturated heterocycles. The smallest absolute Gasteiger partial charge is 0.338 e. The number of carbonyl (C=O) groups is 1. The molecule has 0 aromatic heterocycles. The maximum absolute atomic E-state index is 13.1. The van der Waals surface area contributed by atoms with Gasteiger partial charge >= 0.3 is 5.97 Å². The molecule has 0 saturated carbocycles. The highest BCUT2D eigenvalue weighted by molar-refractivity contribution is 5.89. The van der Waals surface area contributed by atoms with E-state index < -0.39 is 41.5 Å². The predicted molar refractivity (Wildman–Crippen MR) is 129 cm³/mol. The van der Waals surface area contributed by atoms with Gasteiger partial charge in [-0.25, -0.2) is 4.79 Å². The average Bonchev–Trinajstić information content (AvgIpc) is 2.87. The van der Waals surface area contributed by atoms with Crippen LogP contribution >= 0.6 is 0 Å². The van der Waals surface area contributed by atoms with Gasteiger partial charge in [-0.15, -0.1) is 0 Å². The lowest BCUT2D eigenvalue weighted by Crippen LogP contribution is -2.40. The number of hydrogen-bond donors (Lipinski definition) is 6. The molecular formula is C26H27NO10. The standard InChI is InChI=1S/C26H27NO10/c27-6-7-34-8-9-35-24-21-17(29)12-16(28)13-20(21)36-23(15-10-18(30)22(32)19(31)11-15)25(24)37-26(33)14-4-2-1-3-5-14/h1-5,10-13,23-25,28-32H,6-9,27H2. The van der Waals surface area contributed by atoms with Crippen LogP contribution in [0.2, 0.25) is 0 Å². The van der Waals surface area contributed by atoms with Crippen molar-refractivity contribution in [2.75, 3.05) is 26.4 Å². The van der Waals surface area contributed by atoms with Gasteiger partial charge in [-0.05, 0) is 24.3 Å². The number of aromatic hydroxyl groups is 5. The Morgan fingerprint density at radius 3 is 2.27 bits per heavy atom. The van der Waals surface area contributed by atoms with Crippen molar-refractivity contribution in [3.8, 4) is 34.5 Å². The highest BCUT2D eigenvalue weighted by Crippen LogP contribution is 2.51. The highest BCUT2D eigenvalue weighted by atomic mass is 16.6. The minimum absolute atomic E-state index is 0.0165. The first kappa shape index (κ1) is 25.9. The topological polar surface area (TPSA) is 181 Å². The summed E-state index contributed by atoms with van der Waals surface area (Å²) in [6.45, 7) is 0.775. The zero-order chi connectivity index (χ0) is 26.5. The molecule has 1 aliphatic rings. The molecule has 3 aromatic rings. The number of carbonyl (C=O) groups excluding carboxylic acids is 1. The summed E-state index contributed by atoms with van der Waals surface area (Å²) >= 11 is 0. The van der Waals surface area contributed by atoms with Crippen LogP contribution in [0.3, 0.4) is 0 Å². The number of esters is 1. The van der Waals surface area contributed by atoms with Crippen LogP contribution in [0.4, 0.5) is 0 Å². The Morgan fingerprint density at radius 2 is 1.59 bits per heavy atom. The second-order valence-electron chi connectivity index (χ2n) is 8.25. The van der Waals surface area contributed by atoms with Crippen molar-refractivity contribution in [3.05, 3.63) is 71.3 Å². The van der Waals surface area contributed by atoms with Gasteiger partial charge in [-0.2, -0.15) is 0 Å². The molecule has 0 radical (unpaired) electrons. The fourth-order valence-corrected chi connectivity index (χ4v) is 4.04. The molecule has 3 atom stereocenters. The van der Waals surface area contributed by atoms with Crippen LogP contribution in [0.15, 0.2) is 54.6 Å². The quantitative estimate of drug-likeness (QED) is 0.141. The molecular weight excluding hydrogens is 486 g/mol. The normalized spacial score (nSPS) is 18.6. The molecule has 37 heavy (non-hydrogen) atoms. The molecule has 7 N–H and O–H groups in total. The Hall–Kier alpha value is -4.19. The first-order chi connectivity index (χ1) is 17.8. The van der Waals surface area contributed by atoms with Gasteiger partial charge < -0.3 is 50.2 Å². The average molecular weight is 513 g/mol. The van der Waals surface area contributed by atoms with Crippen LogP contribution in [0.5, 0.6) is 34.5 Å². The Morgan fingerprint density at radius 1 is 0.892 bits per heavy atom. The molecule has 3 unspecified atom stereocenters. The lowest BCUT2D eigenvalue weighted by Gasteiger charge is -2.39. The number of phenolic OH excluding ortho intramolecular Hbond substituents is 5. The van der Waals surface area contributed by atoms with Gasteiger partial charge in [-0.1, -0.05) is 18.2 Å². The fourth-order valence-electron chi connectivity index (χ4n) is 4.04. The van der Waals surface area contributed by atoms with E-state index in [4.69, 9.17) is 24.7 Å². The minimum Gasteiger partial charge on any atom is -0.508 e. The molecule has 0 aliphatic carbocycles. The van der Waals surface area contributed by atoms with E-state index in [1.54, 1.807) is 30.3 Å². The maximum atomic E-state index is 13.1. The van der Waals surface area contributed by atoms with Crippen LogP contribution in [-0.4, -0.2) is 64.0 Å². The first-order valence-corrected chi connectivity index (χ1v) is 11.4. The molecule has 196 valence electrons. The number of nitrogens with two attached hydrogens (primary N) is 1. The van der Waals surface area contributed by atoms with E-state index in [1.807, 2.05) is 0 Å². The number of benzene rings is 3. The minimum atomic E-state index is -1.26. The Balaban J connectivity index is 1.79. The lowest BCUT2D eigenvalue weighted by atomic mass is 9.90. The highest BCUT2D eigenvalue weighted by Gasteiger charge is 2.45. The molecule has 11 nitrogen and oxygen atoms in total. The molecule has 0 fully saturated rings. The lowest BCUT2D eigenvalue weighted by molar-refractivity contribution is -0.117. The van der Waals surface area contributed by atoms with Crippen LogP contribution in [-0.2, 0) is 14.2 Å². The third-order valence-electron chi connectivity index (χ3n) is 5.70. The second kappa shape index (κ2) is 11.2. The SMILES string of the molecule is NCCOCCOC1c2c(O)cc(O)cc2OC(c2cc(O)c(O)c(O)c2)C1OC(=O)c1ccccc1. The van der Waals surface area contributed by atoms with E-state index in [9.17, 15) is 30.3 Å². The number of phenols is 5. The van der Waals surface area contributed by atoms with Crippen molar-refractivity contribution in [3.63, 3.8) is 0 Å².